The number of carboxylic acids is 1. The van der Waals surface area contributed by atoms with Crippen molar-refractivity contribution >= 4 is 17.7 Å². The summed E-state index contributed by atoms with van der Waals surface area (Å²) >= 11 is 1.21. The van der Waals surface area contributed by atoms with Gasteiger partial charge in [0.25, 0.3) is 0 Å². The van der Waals surface area contributed by atoms with E-state index in [9.17, 15) is 9.90 Å². The zero-order chi connectivity index (χ0) is 15.2. The van der Waals surface area contributed by atoms with Crippen molar-refractivity contribution in [1.29, 1.82) is 0 Å². The summed E-state index contributed by atoms with van der Waals surface area (Å²) in [6, 6.07) is 0. The summed E-state index contributed by atoms with van der Waals surface area (Å²) < 4.78 is 2.12. The molecule has 0 bridgehead atoms. The zero-order valence-corrected chi connectivity index (χ0v) is 13.6. The van der Waals surface area contributed by atoms with Crippen molar-refractivity contribution in [2.75, 3.05) is 25.4 Å². The first-order chi connectivity index (χ1) is 10.2. The minimum Gasteiger partial charge on any atom is -0.549 e. The number of aromatic nitrogens is 3. The van der Waals surface area contributed by atoms with Crippen LogP contribution in [0.4, 0.5) is 0 Å². The lowest BCUT2D eigenvalue weighted by Gasteiger charge is -2.16. The van der Waals surface area contributed by atoms with Gasteiger partial charge in [-0.25, -0.2) is 0 Å². The van der Waals surface area contributed by atoms with Crippen LogP contribution in [0.3, 0.4) is 0 Å². The number of carboxylic acid groups (broad SMARTS) is 1. The van der Waals surface area contributed by atoms with Gasteiger partial charge in [-0.1, -0.05) is 11.8 Å². The van der Waals surface area contributed by atoms with Gasteiger partial charge >= 0.3 is 0 Å². The van der Waals surface area contributed by atoms with Gasteiger partial charge in [-0.15, -0.1) is 10.2 Å². The van der Waals surface area contributed by atoms with Crippen LogP contribution in [0.2, 0.25) is 0 Å². The highest BCUT2D eigenvalue weighted by atomic mass is 32.2. The van der Waals surface area contributed by atoms with E-state index < -0.39 is 5.97 Å². The van der Waals surface area contributed by atoms with Gasteiger partial charge in [0.2, 0.25) is 0 Å². The maximum absolute atomic E-state index is 10.6. The molecule has 1 aliphatic rings. The highest BCUT2D eigenvalue weighted by Crippen LogP contribution is 2.40. The fourth-order valence-corrected chi connectivity index (χ4v) is 3.16. The van der Waals surface area contributed by atoms with E-state index >= 15 is 0 Å². The normalized spacial score (nSPS) is 14.8. The minimum absolute atomic E-state index is 0.0654. The van der Waals surface area contributed by atoms with Gasteiger partial charge in [-0.2, -0.15) is 0 Å². The smallest absolute Gasteiger partial charge is 0.191 e. The number of rotatable bonds is 10. The van der Waals surface area contributed by atoms with E-state index in [-0.39, 0.29) is 5.75 Å². The van der Waals surface area contributed by atoms with Crippen molar-refractivity contribution in [3.63, 3.8) is 0 Å². The van der Waals surface area contributed by atoms with Gasteiger partial charge in [-0.05, 0) is 26.7 Å². The molecule has 1 aromatic rings. The molecule has 0 saturated heterocycles. The Morgan fingerprint density at radius 2 is 2.10 bits per heavy atom. The van der Waals surface area contributed by atoms with Crippen molar-refractivity contribution < 1.29 is 14.8 Å². The van der Waals surface area contributed by atoms with Gasteiger partial charge in [0.05, 0.1) is 25.6 Å². The van der Waals surface area contributed by atoms with E-state index in [1.165, 1.54) is 24.6 Å². The van der Waals surface area contributed by atoms with E-state index in [1.807, 2.05) is 0 Å². The Morgan fingerprint density at radius 1 is 1.38 bits per heavy atom. The number of hydrogen-bond donors (Lipinski definition) is 1. The van der Waals surface area contributed by atoms with E-state index in [2.05, 4.69) is 28.6 Å². The molecular weight excluding hydrogens is 288 g/mol. The molecule has 118 valence electrons. The lowest BCUT2D eigenvalue weighted by Crippen LogP contribution is -3.11. The van der Waals surface area contributed by atoms with Crippen LogP contribution in [0.1, 0.15) is 44.9 Å². The molecule has 0 radical (unpaired) electrons. The molecule has 1 aromatic heterocycles. The van der Waals surface area contributed by atoms with Crippen molar-refractivity contribution in [3.8, 4) is 0 Å². The summed E-state index contributed by atoms with van der Waals surface area (Å²) in [5.74, 6) is 0.431. The van der Waals surface area contributed by atoms with Gasteiger partial charge in [-0.3, -0.25) is 0 Å². The molecule has 1 fully saturated rings. The first kappa shape index (κ1) is 16.3. The molecule has 2 rings (SSSR count). The second-order valence-corrected chi connectivity index (χ2v) is 6.43. The number of nitrogens with zero attached hydrogens (tertiary/aromatic N) is 3. The molecule has 0 amide bonds. The van der Waals surface area contributed by atoms with E-state index in [4.69, 9.17) is 0 Å². The van der Waals surface area contributed by atoms with Crippen LogP contribution in [0.5, 0.6) is 0 Å². The van der Waals surface area contributed by atoms with Crippen LogP contribution in [-0.2, 0) is 11.3 Å². The molecule has 7 heteroatoms. The van der Waals surface area contributed by atoms with Crippen LogP contribution in [0.15, 0.2) is 5.16 Å². The third-order valence-corrected chi connectivity index (χ3v) is 4.86. The number of quaternary nitrogens is 1. The lowest BCUT2D eigenvalue weighted by atomic mass is 10.3. The van der Waals surface area contributed by atoms with Gasteiger partial charge in [0, 0.05) is 24.6 Å². The standard InChI is InChI=1S/C14H24N4O2S/c1-3-17(4-2)8-5-9-18-13(11-6-7-11)15-16-14(18)21-10-12(19)20/h11H,3-10H2,1-2H3,(H,19,20). The molecule has 0 aromatic carbocycles. The molecule has 1 N–H and O–H groups in total. The number of aliphatic carboxylic acids is 1. The average Bonchev–Trinajstić information content (AvgIpc) is 3.23. The quantitative estimate of drug-likeness (QED) is 0.579. The summed E-state index contributed by atoms with van der Waals surface area (Å²) in [6.07, 6.45) is 3.41. The SMILES string of the molecule is CC[NH+](CC)CCCn1c(SCC(=O)[O-])nnc1C1CC1. The van der Waals surface area contributed by atoms with Crippen LogP contribution >= 0.6 is 11.8 Å². The first-order valence-corrected chi connectivity index (χ1v) is 8.73. The van der Waals surface area contributed by atoms with Crippen LogP contribution in [0, 0.1) is 0 Å². The monoisotopic (exact) mass is 312 g/mol. The maximum Gasteiger partial charge on any atom is 0.191 e. The molecular formula is C14H24N4O2S. The Labute approximate surface area is 129 Å². The van der Waals surface area contributed by atoms with Crippen LogP contribution in [0.25, 0.3) is 0 Å². The maximum atomic E-state index is 10.6. The van der Waals surface area contributed by atoms with Gasteiger partial charge in [0.1, 0.15) is 5.82 Å². The van der Waals surface area contributed by atoms with Crippen molar-refractivity contribution in [2.24, 2.45) is 0 Å². The second kappa shape index (κ2) is 7.79. The highest BCUT2D eigenvalue weighted by molar-refractivity contribution is 7.99. The summed E-state index contributed by atoms with van der Waals surface area (Å²) in [5.41, 5.74) is 0. The van der Waals surface area contributed by atoms with Gasteiger partial charge in [0.15, 0.2) is 5.16 Å². The largest absolute Gasteiger partial charge is 0.549 e. The number of nitrogens with one attached hydrogen (secondary N) is 1. The molecule has 1 saturated carbocycles. The minimum atomic E-state index is -1.06. The third kappa shape index (κ3) is 4.71. The van der Waals surface area contributed by atoms with E-state index in [0.29, 0.717) is 5.92 Å². The molecule has 0 atom stereocenters. The topological polar surface area (TPSA) is 75.3 Å². The Hall–Kier alpha value is -1.08. The Balaban J connectivity index is 1.97. The van der Waals surface area contributed by atoms with E-state index in [0.717, 1.165) is 43.6 Å². The molecule has 0 aliphatic heterocycles. The van der Waals surface area contributed by atoms with Crippen LogP contribution < -0.4 is 10.0 Å². The molecule has 21 heavy (non-hydrogen) atoms. The van der Waals surface area contributed by atoms with Gasteiger partial charge < -0.3 is 19.4 Å². The summed E-state index contributed by atoms with van der Waals surface area (Å²) in [7, 11) is 0. The van der Waals surface area contributed by atoms with Crippen molar-refractivity contribution in [3.05, 3.63) is 5.82 Å². The number of carbonyl (C=O) groups excluding carboxylic acids is 1. The number of carbonyl (C=O) groups is 1. The molecule has 6 nitrogen and oxygen atoms in total. The molecule has 0 spiro atoms. The summed E-state index contributed by atoms with van der Waals surface area (Å²) in [6.45, 7) is 8.68. The average molecular weight is 312 g/mol. The fraction of sp³-hybridized carbons (Fsp3) is 0.786. The lowest BCUT2D eigenvalue weighted by molar-refractivity contribution is -0.896. The van der Waals surface area contributed by atoms with E-state index in [1.54, 1.807) is 4.90 Å². The predicted molar refractivity (Wildman–Crippen MR) is 79.3 cm³/mol. The van der Waals surface area contributed by atoms with Crippen LogP contribution in [-0.4, -0.2) is 46.1 Å². The molecule has 0 unspecified atom stereocenters. The summed E-state index contributed by atoms with van der Waals surface area (Å²) in [4.78, 5) is 12.2. The Kier molecular flexibility index (Phi) is 6.05. The second-order valence-electron chi connectivity index (χ2n) is 5.49. The molecule has 1 heterocycles. The first-order valence-electron chi connectivity index (χ1n) is 7.75. The van der Waals surface area contributed by atoms with Crippen molar-refractivity contribution in [2.45, 2.75) is 50.7 Å². The van der Waals surface area contributed by atoms with Crippen molar-refractivity contribution in [1.82, 2.24) is 14.8 Å². The Morgan fingerprint density at radius 3 is 2.67 bits per heavy atom. The number of thioether (sulfide) groups is 1. The zero-order valence-electron chi connectivity index (χ0n) is 12.8. The fourth-order valence-electron chi connectivity index (χ4n) is 2.47. The predicted octanol–water partition coefficient (Wildman–Crippen LogP) is -0.688. The Bertz CT molecular complexity index is 470. The number of hydrogen-bond acceptors (Lipinski definition) is 5. The summed E-state index contributed by atoms with van der Waals surface area (Å²) in [5, 5.41) is 19.8. The molecule has 1 aliphatic carbocycles. The highest BCUT2D eigenvalue weighted by Gasteiger charge is 2.30. The third-order valence-electron chi connectivity index (χ3n) is 3.92.